The number of nitrogens with zero attached hydrogens (tertiary/aromatic N) is 2. The second-order valence-electron chi connectivity index (χ2n) is 4.94. The summed E-state index contributed by atoms with van der Waals surface area (Å²) in [5.41, 5.74) is 7.85. The highest BCUT2D eigenvalue weighted by Gasteiger charge is 2.27. The fourth-order valence-corrected chi connectivity index (χ4v) is 2.77. The Morgan fingerprint density at radius 2 is 2.35 bits per heavy atom. The monoisotopic (exact) mass is 253 g/mol. The minimum absolute atomic E-state index is 0.401. The maximum absolute atomic E-state index is 6.34. The number of nitrogens with two attached hydrogens (primary N) is 1. The number of piperidine rings is 1. The van der Waals surface area contributed by atoms with E-state index in [0.717, 1.165) is 35.3 Å². The molecule has 94 valence electrons. The lowest BCUT2D eigenvalue weighted by molar-refractivity contribution is 0.367. The van der Waals surface area contributed by atoms with Gasteiger partial charge in [0, 0.05) is 25.3 Å². The van der Waals surface area contributed by atoms with E-state index in [4.69, 9.17) is 17.3 Å². The third-order valence-corrected chi connectivity index (χ3v) is 4.07. The third-order valence-electron chi connectivity index (χ3n) is 3.60. The van der Waals surface area contributed by atoms with Crippen molar-refractivity contribution in [2.45, 2.75) is 32.7 Å². The summed E-state index contributed by atoms with van der Waals surface area (Å²) in [6.45, 7) is 5.95. The molecule has 3 nitrogen and oxygen atoms in total. The molecule has 2 rings (SSSR count). The van der Waals surface area contributed by atoms with Gasteiger partial charge < -0.3 is 10.6 Å². The van der Waals surface area contributed by atoms with E-state index in [2.05, 4.69) is 16.8 Å². The smallest absolute Gasteiger partial charge is 0.0851 e. The fraction of sp³-hybridized carbons (Fsp3) is 0.615. The normalized spacial score (nSPS) is 25.1. The largest absolute Gasteiger partial charge is 0.366 e. The SMILES string of the molecule is Cc1nccc(N2CCC(C)CC2CN)c1Cl. The number of aromatic nitrogens is 1. The summed E-state index contributed by atoms with van der Waals surface area (Å²) in [5, 5.41) is 0.764. The first-order chi connectivity index (χ1) is 8.13. The van der Waals surface area contributed by atoms with Crippen LogP contribution < -0.4 is 10.6 Å². The van der Waals surface area contributed by atoms with Crippen LogP contribution in [0.2, 0.25) is 5.02 Å². The zero-order valence-electron chi connectivity index (χ0n) is 10.5. The van der Waals surface area contributed by atoms with Crippen LogP contribution in [-0.2, 0) is 0 Å². The summed E-state index contributed by atoms with van der Waals surface area (Å²) >= 11 is 6.34. The van der Waals surface area contributed by atoms with Gasteiger partial charge in [0.2, 0.25) is 0 Å². The average Bonchev–Trinajstić information content (AvgIpc) is 2.33. The van der Waals surface area contributed by atoms with Gasteiger partial charge in [-0.25, -0.2) is 0 Å². The van der Waals surface area contributed by atoms with Crippen LogP contribution in [0.25, 0.3) is 0 Å². The van der Waals surface area contributed by atoms with Crippen molar-refractivity contribution in [1.29, 1.82) is 0 Å². The molecule has 0 saturated carbocycles. The van der Waals surface area contributed by atoms with Gasteiger partial charge in [0.15, 0.2) is 0 Å². The molecule has 1 fully saturated rings. The average molecular weight is 254 g/mol. The van der Waals surface area contributed by atoms with Crippen LogP contribution in [0.15, 0.2) is 12.3 Å². The summed E-state index contributed by atoms with van der Waals surface area (Å²) in [5.74, 6) is 0.751. The second-order valence-corrected chi connectivity index (χ2v) is 5.32. The molecule has 0 aliphatic carbocycles. The molecular weight excluding hydrogens is 234 g/mol. The number of pyridine rings is 1. The maximum atomic E-state index is 6.34. The third kappa shape index (κ3) is 2.55. The Bertz CT molecular complexity index is 394. The van der Waals surface area contributed by atoms with Crippen molar-refractivity contribution >= 4 is 17.3 Å². The van der Waals surface area contributed by atoms with Crippen LogP contribution >= 0.6 is 11.6 Å². The van der Waals surface area contributed by atoms with Gasteiger partial charge in [0.25, 0.3) is 0 Å². The van der Waals surface area contributed by atoms with Crippen molar-refractivity contribution in [2.75, 3.05) is 18.0 Å². The minimum atomic E-state index is 0.401. The summed E-state index contributed by atoms with van der Waals surface area (Å²) in [4.78, 5) is 6.55. The highest BCUT2D eigenvalue weighted by atomic mass is 35.5. The van der Waals surface area contributed by atoms with E-state index in [1.807, 2.05) is 19.2 Å². The fourth-order valence-electron chi connectivity index (χ4n) is 2.55. The number of hydrogen-bond donors (Lipinski definition) is 1. The number of aryl methyl sites for hydroxylation is 1. The molecule has 0 spiro atoms. The number of anilines is 1. The van der Waals surface area contributed by atoms with Gasteiger partial charge in [-0.2, -0.15) is 0 Å². The van der Waals surface area contributed by atoms with E-state index in [1.165, 1.54) is 6.42 Å². The van der Waals surface area contributed by atoms with Crippen molar-refractivity contribution in [1.82, 2.24) is 4.98 Å². The van der Waals surface area contributed by atoms with Crippen LogP contribution in [0.1, 0.15) is 25.5 Å². The molecule has 1 saturated heterocycles. The number of rotatable bonds is 2. The summed E-state index contributed by atoms with van der Waals surface area (Å²) in [6.07, 6.45) is 4.17. The van der Waals surface area contributed by atoms with Gasteiger partial charge in [0.1, 0.15) is 0 Å². The van der Waals surface area contributed by atoms with Crippen molar-refractivity contribution in [3.8, 4) is 0 Å². The van der Waals surface area contributed by atoms with Crippen LogP contribution in [0.5, 0.6) is 0 Å². The van der Waals surface area contributed by atoms with Gasteiger partial charge >= 0.3 is 0 Å². The standard InChI is InChI=1S/C13H20ClN3/c1-9-4-6-17(11(7-9)8-15)12-3-5-16-10(2)13(12)14/h3,5,9,11H,4,6-8,15H2,1-2H3. The van der Waals surface area contributed by atoms with E-state index < -0.39 is 0 Å². The van der Waals surface area contributed by atoms with Crippen molar-refractivity contribution in [2.24, 2.45) is 11.7 Å². The Hall–Kier alpha value is -0.800. The molecule has 1 aliphatic rings. The van der Waals surface area contributed by atoms with Crippen molar-refractivity contribution in [3.63, 3.8) is 0 Å². The Kier molecular flexibility index (Phi) is 3.89. The zero-order valence-corrected chi connectivity index (χ0v) is 11.2. The van der Waals surface area contributed by atoms with Gasteiger partial charge in [0.05, 0.1) is 16.4 Å². The predicted octanol–water partition coefficient (Wildman–Crippen LogP) is 2.61. The van der Waals surface area contributed by atoms with Gasteiger partial charge in [-0.15, -0.1) is 0 Å². The lowest BCUT2D eigenvalue weighted by Gasteiger charge is -2.40. The van der Waals surface area contributed by atoms with Crippen molar-refractivity contribution < 1.29 is 0 Å². The zero-order chi connectivity index (χ0) is 12.4. The molecule has 2 atom stereocenters. The molecule has 0 aromatic carbocycles. The molecule has 0 radical (unpaired) electrons. The predicted molar refractivity (Wildman–Crippen MR) is 72.6 cm³/mol. The van der Waals surface area contributed by atoms with Crippen molar-refractivity contribution in [3.05, 3.63) is 23.0 Å². The molecule has 2 N–H and O–H groups in total. The first-order valence-electron chi connectivity index (χ1n) is 6.21. The lowest BCUT2D eigenvalue weighted by atomic mass is 9.92. The van der Waals surface area contributed by atoms with Crippen LogP contribution in [0.3, 0.4) is 0 Å². The Morgan fingerprint density at radius 1 is 1.59 bits per heavy atom. The first-order valence-corrected chi connectivity index (χ1v) is 6.59. The Labute approximate surface area is 108 Å². The summed E-state index contributed by atoms with van der Waals surface area (Å²) in [7, 11) is 0. The minimum Gasteiger partial charge on any atom is -0.366 e. The highest BCUT2D eigenvalue weighted by Crippen LogP contribution is 2.33. The molecule has 4 heteroatoms. The topological polar surface area (TPSA) is 42.2 Å². The molecule has 17 heavy (non-hydrogen) atoms. The van der Waals surface area contributed by atoms with E-state index in [9.17, 15) is 0 Å². The molecule has 1 aliphatic heterocycles. The van der Waals surface area contributed by atoms with E-state index in [1.54, 1.807) is 0 Å². The van der Waals surface area contributed by atoms with Crippen LogP contribution in [-0.4, -0.2) is 24.1 Å². The Morgan fingerprint density at radius 3 is 3.06 bits per heavy atom. The Balaban J connectivity index is 2.28. The lowest BCUT2D eigenvalue weighted by Crippen LogP contribution is -2.46. The number of hydrogen-bond acceptors (Lipinski definition) is 3. The molecule has 1 aromatic heterocycles. The molecule has 1 aromatic rings. The summed E-state index contributed by atoms with van der Waals surface area (Å²) < 4.78 is 0. The quantitative estimate of drug-likeness (QED) is 0.881. The highest BCUT2D eigenvalue weighted by molar-refractivity contribution is 6.33. The van der Waals surface area contributed by atoms with Gasteiger partial charge in [-0.3, -0.25) is 4.98 Å². The molecular formula is C13H20ClN3. The van der Waals surface area contributed by atoms with E-state index in [0.29, 0.717) is 12.6 Å². The number of halogens is 1. The van der Waals surface area contributed by atoms with Gasteiger partial charge in [-0.1, -0.05) is 18.5 Å². The van der Waals surface area contributed by atoms with Gasteiger partial charge in [-0.05, 0) is 31.7 Å². The van der Waals surface area contributed by atoms with Crippen LogP contribution in [0, 0.1) is 12.8 Å². The molecule has 0 bridgehead atoms. The maximum Gasteiger partial charge on any atom is 0.0851 e. The molecule has 0 amide bonds. The first kappa shape index (κ1) is 12.7. The van der Waals surface area contributed by atoms with E-state index >= 15 is 0 Å². The molecule has 2 unspecified atom stereocenters. The summed E-state index contributed by atoms with van der Waals surface area (Å²) in [6, 6.07) is 2.39. The van der Waals surface area contributed by atoms with E-state index in [-0.39, 0.29) is 0 Å². The second kappa shape index (κ2) is 5.23. The van der Waals surface area contributed by atoms with Crippen LogP contribution in [0.4, 0.5) is 5.69 Å². The molecule has 2 heterocycles.